The van der Waals surface area contributed by atoms with E-state index >= 15 is 0 Å². The Morgan fingerprint density at radius 2 is 1.86 bits per heavy atom. The number of ether oxygens (including phenoxy) is 2. The summed E-state index contributed by atoms with van der Waals surface area (Å²) in [5.41, 5.74) is 2.09. The second-order valence-electron chi connectivity index (χ2n) is 5.80. The highest BCUT2D eigenvalue weighted by Crippen LogP contribution is 2.32. The molecule has 21 heavy (non-hydrogen) atoms. The number of aromatic nitrogens is 1. The predicted molar refractivity (Wildman–Crippen MR) is 87.2 cm³/mol. The molecule has 0 radical (unpaired) electrons. The van der Waals surface area contributed by atoms with Crippen molar-refractivity contribution in [2.45, 2.75) is 32.9 Å². The number of hydrogen-bond acceptors (Lipinski definition) is 5. The maximum absolute atomic E-state index is 5.34. The molecule has 0 fully saturated rings. The maximum Gasteiger partial charge on any atom is 0.161 e. The minimum atomic E-state index is 0.0924. The van der Waals surface area contributed by atoms with E-state index in [1.165, 1.54) is 0 Å². The Morgan fingerprint density at radius 3 is 2.48 bits per heavy atom. The molecular formula is C16H22N2O2S. The van der Waals surface area contributed by atoms with Crippen LogP contribution >= 0.6 is 11.3 Å². The second kappa shape index (κ2) is 6.45. The summed E-state index contributed by atoms with van der Waals surface area (Å²) < 4.78 is 10.6. The Labute approximate surface area is 130 Å². The first-order valence-corrected chi connectivity index (χ1v) is 7.73. The second-order valence-corrected chi connectivity index (χ2v) is 6.74. The number of rotatable bonds is 5. The van der Waals surface area contributed by atoms with Crippen LogP contribution < -0.4 is 14.8 Å². The van der Waals surface area contributed by atoms with Crippen LogP contribution in [0.2, 0.25) is 0 Å². The predicted octanol–water partition coefficient (Wildman–Crippen LogP) is 3.72. The van der Waals surface area contributed by atoms with E-state index in [-0.39, 0.29) is 5.54 Å². The van der Waals surface area contributed by atoms with Crippen molar-refractivity contribution in [3.63, 3.8) is 0 Å². The third-order valence-corrected chi connectivity index (χ3v) is 3.85. The Bertz CT molecular complexity index is 603. The summed E-state index contributed by atoms with van der Waals surface area (Å²) in [4.78, 5) is 4.67. The minimum Gasteiger partial charge on any atom is -0.493 e. The Balaban J connectivity index is 2.17. The van der Waals surface area contributed by atoms with E-state index < -0.39 is 0 Å². The van der Waals surface area contributed by atoms with Crippen LogP contribution in [0.3, 0.4) is 0 Å². The number of methoxy groups -OCH3 is 2. The molecule has 0 spiro atoms. The fourth-order valence-corrected chi connectivity index (χ4v) is 2.60. The standard InChI is InChI=1S/C16H22N2O2S/c1-16(2,3)17-9-15-18-12(10-21-15)11-6-7-13(19-4)14(8-11)20-5/h6-8,10,17H,9H2,1-5H3. The van der Waals surface area contributed by atoms with Gasteiger partial charge in [0.1, 0.15) is 5.01 Å². The summed E-state index contributed by atoms with van der Waals surface area (Å²) >= 11 is 1.66. The largest absolute Gasteiger partial charge is 0.493 e. The molecule has 4 nitrogen and oxygen atoms in total. The summed E-state index contributed by atoms with van der Waals surface area (Å²) in [6.45, 7) is 7.23. The molecule has 1 aromatic carbocycles. The van der Waals surface area contributed by atoms with Crippen LogP contribution in [0.25, 0.3) is 11.3 Å². The van der Waals surface area contributed by atoms with Crippen molar-refractivity contribution in [1.82, 2.24) is 10.3 Å². The van der Waals surface area contributed by atoms with Gasteiger partial charge in [-0.2, -0.15) is 0 Å². The number of hydrogen-bond donors (Lipinski definition) is 1. The van der Waals surface area contributed by atoms with Crippen molar-refractivity contribution in [3.8, 4) is 22.8 Å². The topological polar surface area (TPSA) is 43.4 Å². The van der Waals surface area contributed by atoms with Crippen LogP contribution in [0.15, 0.2) is 23.6 Å². The van der Waals surface area contributed by atoms with E-state index in [0.29, 0.717) is 0 Å². The van der Waals surface area contributed by atoms with Crippen LogP contribution in [0, 0.1) is 0 Å². The lowest BCUT2D eigenvalue weighted by Crippen LogP contribution is -2.34. The van der Waals surface area contributed by atoms with Gasteiger partial charge in [0.15, 0.2) is 11.5 Å². The van der Waals surface area contributed by atoms with Crippen molar-refractivity contribution in [3.05, 3.63) is 28.6 Å². The summed E-state index contributed by atoms with van der Waals surface area (Å²) in [6.07, 6.45) is 0. The van der Waals surface area contributed by atoms with Crippen molar-refractivity contribution in [2.24, 2.45) is 0 Å². The number of nitrogens with zero attached hydrogens (tertiary/aromatic N) is 1. The zero-order valence-corrected chi connectivity index (χ0v) is 14.0. The lowest BCUT2D eigenvalue weighted by molar-refractivity contribution is 0.355. The highest BCUT2D eigenvalue weighted by atomic mass is 32.1. The first kappa shape index (κ1) is 15.8. The fourth-order valence-electron chi connectivity index (χ4n) is 1.86. The molecule has 0 saturated carbocycles. The molecule has 0 aliphatic carbocycles. The molecule has 1 N–H and O–H groups in total. The maximum atomic E-state index is 5.34. The molecule has 0 aliphatic heterocycles. The van der Waals surface area contributed by atoms with Gasteiger partial charge >= 0.3 is 0 Å². The SMILES string of the molecule is COc1ccc(-c2csc(CNC(C)(C)C)n2)cc1OC. The molecule has 5 heteroatoms. The van der Waals surface area contributed by atoms with E-state index in [0.717, 1.165) is 34.3 Å². The number of nitrogens with one attached hydrogen (secondary N) is 1. The number of thiazole rings is 1. The first-order chi connectivity index (χ1) is 9.93. The summed E-state index contributed by atoms with van der Waals surface area (Å²) in [5.74, 6) is 1.45. The third kappa shape index (κ3) is 4.19. The van der Waals surface area contributed by atoms with E-state index in [1.54, 1.807) is 25.6 Å². The molecule has 2 rings (SSSR count). The van der Waals surface area contributed by atoms with E-state index in [1.807, 2.05) is 18.2 Å². The van der Waals surface area contributed by atoms with Crippen LogP contribution in [0.4, 0.5) is 0 Å². The quantitative estimate of drug-likeness (QED) is 0.914. The van der Waals surface area contributed by atoms with Crippen molar-refractivity contribution >= 4 is 11.3 Å². The van der Waals surface area contributed by atoms with E-state index in [4.69, 9.17) is 9.47 Å². The molecule has 0 saturated heterocycles. The summed E-state index contributed by atoms with van der Waals surface area (Å²) in [7, 11) is 3.28. The van der Waals surface area contributed by atoms with Gasteiger partial charge in [0.2, 0.25) is 0 Å². The molecule has 0 atom stereocenters. The van der Waals surface area contributed by atoms with Gasteiger partial charge in [0.25, 0.3) is 0 Å². The average molecular weight is 306 g/mol. The molecule has 114 valence electrons. The van der Waals surface area contributed by atoms with E-state index in [9.17, 15) is 0 Å². The molecule has 0 aliphatic rings. The molecule has 0 bridgehead atoms. The van der Waals surface area contributed by atoms with Gasteiger partial charge in [-0.1, -0.05) is 0 Å². The molecule has 2 aromatic rings. The van der Waals surface area contributed by atoms with Gasteiger partial charge in [-0.3, -0.25) is 0 Å². The molecule has 0 unspecified atom stereocenters. The minimum absolute atomic E-state index is 0.0924. The lowest BCUT2D eigenvalue weighted by atomic mass is 10.1. The van der Waals surface area contributed by atoms with Gasteiger partial charge < -0.3 is 14.8 Å². The molecule has 1 aromatic heterocycles. The normalized spacial score (nSPS) is 11.5. The van der Waals surface area contributed by atoms with Crippen LogP contribution in [0.1, 0.15) is 25.8 Å². The highest BCUT2D eigenvalue weighted by molar-refractivity contribution is 7.09. The van der Waals surface area contributed by atoms with Crippen molar-refractivity contribution in [2.75, 3.05) is 14.2 Å². The van der Waals surface area contributed by atoms with Crippen LogP contribution in [-0.2, 0) is 6.54 Å². The highest BCUT2D eigenvalue weighted by Gasteiger charge is 2.12. The monoisotopic (exact) mass is 306 g/mol. The average Bonchev–Trinajstić information content (AvgIpc) is 2.92. The Morgan fingerprint density at radius 1 is 1.14 bits per heavy atom. The first-order valence-electron chi connectivity index (χ1n) is 6.85. The lowest BCUT2D eigenvalue weighted by Gasteiger charge is -2.19. The Hall–Kier alpha value is -1.59. The summed E-state index contributed by atoms with van der Waals surface area (Å²) in [6, 6.07) is 5.85. The fraction of sp³-hybridized carbons (Fsp3) is 0.438. The van der Waals surface area contributed by atoms with Crippen molar-refractivity contribution in [1.29, 1.82) is 0 Å². The molecule has 1 heterocycles. The summed E-state index contributed by atoms with van der Waals surface area (Å²) in [5, 5.41) is 6.60. The zero-order valence-electron chi connectivity index (χ0n) is 13.2. The molecule has 0 amide bonds. The van der Waals surface area contributed by atoms with Gasteiger partial charge in [0, 0.05) is 23.0 Å². The van der Waals surface area contributed by atoms with Gasteiger partial charge in [0.05, 0.1) is 19.9 Å². The van der Waals surface area contributed by atoms with Crippen LogP contribution in [0.5, 0.6) is 11.5 Å². The Kier molecular flexibility index (Phi) is 4.85. The van der Waals surface area contributed by atoms with Gasteiger partial charge in [-0.25, -0.2) is 4.98 Å². The number of benzene rings is 1. The van der Waals surface area contributed by atoms with E-state index in [2.05, 4.69) is 36.5 Å². The molecular weight excluding hydrogens is 284 g/mol. The zero-order chi connectivity index (χ0) is 15.5. The van der Waals surface area contributed by atoms with Crippen LogP contribution in [-0.4, -0.2) is 24.7 Å². The van der Waals surface area contributed by atoms with Gasteiger partial charge in [-0.05, 0) is 39.0 Å². The third-order valence-electron chi connectivity index (χ3n) is 3.00. The van der Waals surface area contributed by atoms with Gasteiger partial charge in [-0.15, -0.1) is 11.3 Å². The van der Waals surface area contributed by atoms with Crippen molar-refractivity contribution < 1.29 is 9.47 Å². The smallest absolute Gasteiger partial charge is 0.161 e.